The summed E-state index contributed by atoms with van der Waals surface area (Å²) in [5.41, 5.74) is 0.186. The molecule has 1 aromatic rings. The summed E-state index contributed by atoms with van der Waals surface area (Å²) in [7, 11) is -2.88. The fraction of sp³-hybridized carbons (Fsp3) is 0.600. The molecule has 0 aliphatic carbocycles. The van der Waals surface area contributed by atoms with Gasteiger partial charge in [-0.25, -0.2) is 8.42 Å². The lowest BCUT2D eigenvalue weighted by Gasteiger charge is -2.26. The van der Waals surface area contributed by atoms with Crippen LogP contribution in [0.4, 0.5) is 13.2 Å². The molecule has 0 saturated carbocycles. The highest BCUT2D eigenvalue weighted by atomic mass is 32.2. The average Bonchev–Trinajstić information content (AvgIpc) is 2.41. The van der Waals surface area contributed by atoms with E-state index in [-0.39, 0.29) is 23.6 Å². The molecular formula is C15H20F3NO2S. The Kier molecular flexibility index (Phi) is 5.17. The van der Waals surface area contributed by atoms with Crippen LogP contribution in [-0.4, -0.2) is 32.0 Å². The monoisotopic (exact) mass is 335 g/mol. The molecule has 1 saturated heterocycles. The minimum absolute atomic E-state index is 0.0857. The third-order valence-corrected chi connectivity index (χ3v) is 5.61. The molecule has 2 rings (SSSR count). The van der Waals surface area contributed by atoms with Crippen molar-refractivity contribution in [1.29, 1.82) is 0 Å². The largest absolute Gasteiger partial charge is 0.416 e. The maximum atomic E-state index is 12.5. The quantitative estimate of drug-likeness (QED) is 0.920. The van der Waals surface area contributed by atoms with Crippen molar-refractivity contribution >= 4 is 9.84 Å². The maximum Gasteiger partial charge on any atom is 0.416 e. The lowest BCUT2D eigenvalue weighted by molar-refractivity contribution is -0.137. The molecular weight excluding hydrogens is 315 g/mol. The van der Waals surface area contributed by atoms with E-state index in [1.54, 1.807) is 0 Å². The third-order valence-electron chi connectivity index (χ3n) is 3.90. The number of sulfone groups is 1. The summed E-state index contributed by atoms with van der Waals surface area (Å²) >= 11 is 0. The van der Waals surface area contributed by atoms with Gasteiger partial charge in [0.2, 0.25) is 0 Å². The van der Waals surface area contributed by atoms with E-state index in [0.717, 1.165) is 17.7 Å². The molecule has 22 heavy (non-hydrogen) atoms. The van der Waals surface area contributed by atoms with E-state index in [9.17, 15) is 21.6 Å². The van der Waals surface area contributed by atoms with Crippen LogP contribution in [0.3, 0.4) is 0 Å². The van der Waals surface area contributed by atoms with E-state index in [2.05, 4.69) is 5.32 Å². The molecule has 0 bridgehead atoms. The van der Waals surface area contributed by atoms with Gasteiger partial charge in [0.25, 0.3) is 0 Å². The second kappa shape index (κ2) is 6.58. The molecule has 124 valence electrons. The first-order valence-corrected chi connectivity index (χ1v) is 9.10. The number of alkyl halides is 3. The minimum atomic E-state index is -4.31. The molecule has 1 aliphatic heterocycles. The second-order valence-electron chi connectivity index (χ2n) is 5.89. The fourth-order valence-electron chi connectivity index (χ4n) is 2.70. The number of halogens is 3. The number of benzene rings is 1. The Balaban J connectivity index is 1.86. The highest BCUT2D eigenvalue weighted by molar-refractivity contribution is 7.91. The van der Waals surface area contributed by atoms with Crippen LogP contribution in [0.1, 0.15) is 30.9 Å². The molecule has 7 heteroatoms. The number of hydrogen-bond acceptors (Lipinski definition) is 3. The van der Waals surface area contributed by atoms with Crippen molar-refractivity contribution in [1.82, 2.24) is 5.32 Å². The van der Waals surface area contributed by atoms with E-state index < -0.39 is 21.6 Å². The first-order chi connectivity index (χ1) is 10.2. The maximum absolute atomic E-state index is 12.5. The SMILES string of the molecule is CC(Cc1ccc(C(F)(F)F)cc1)NC1CCS(=O)(=O)CC1. The van der Waals surface area contributed by atoms with Crippen molar-refractivity contribution in [2.75, 3.05) is 11.5 Å². The van der Waals surface area contributed by atoms with Gasteiger partial charge in [0.15, 0.2) is 0 Å². The summed E-state index contributed by atoms with van der Waals surface area (Å²) in [6.07, 6.45) is -2.50. The molecule has 0 spiro atoms. The summed E-state index contributed by atoms with van der Waals surface area (Å²) in [5, 5.41) is 3.36. The Bertz CT molecular complexity index is 582. The normalized spacial score (nSPS) is 20.7. The smallest absolute Gasteiger partial charge is 0.311 e. The van der Waals surface area contributed by atoms with E-state index in [1.165, 1.54) is 12.1 Å². The summed E-state index contributed by atoms with van der Waals surface area (Å²) in [4.78, 5) is 0. The first-order valence-electron chi connectivity index (χ1n) is 7.28. The van der Waals surface area contributed by atoms with Gasteiger partial charge in [-0.2, -0.15) is 13.2 Å². The minimum Gasteiger partial charge on any atom is -0.311 e. The molecule has 1 heterocycles. The summed E-state index contributed by atoms with van der Waals surface area (Å²) < 4.78 is 60.2. The van der Waals surface area contributed by atoms with Gasteiger partial charge in [0.05, 0.1) is 17.1 Å². The first kappa shape index (κ1) is 17.3. The van der Waals surface area contributed by atoms with Crippen molar-refractivity contribution in [3.05, 3.63) is 35.4 Å². The molecule has 1 atom stereocenters. The Morgan fingerprint density at radius 3 is 2.23 bits per heavy atom. The van der Waals surface area contributed by atoms with Crippen LogP contribution in [0.5, 0.6) is 0 Å². The summed E-state index contributed by atoms with van der Waals surface area (Å²) in [6, 6.07) is 5.42. The summed E-state index contributed by atoms with van der Waals surface area (Å²) in [6.45, 7) is 1.96. The molecule has 1 unspecified atom stereocenters. The van der Waals surface area contributed by atoms with E-state index in [0.29, 0.717) is 19.3 Å². The van der Waals surface area contributed by atoms with Crippen molar-refractivity contribution in [3.63, 3.8) is 0 Å². The molecule has 3 nitrogen and oxygen atoms in total. The van der Waals surface area contributed by atoms with Crippen LogP contribution in [-0.2, 0) is 22.4 Å². The van der Waals surface area contributed by atoms with Crippen molar-refractivity contribution < 1.29 is 21.6 Å². The zero-order valence-corrected chi connectivity index (χ0v) is 13.2. The summed E-state index contributed by atoms with van der Waals surface area (Å²) in [5.74, 6) is 0.412. The third kappa shape index (κ3) is 4.98. The molecule has 1 fully saturated rings. The van der Waals surface area contributed by atoms with Crippen molar-refractivity contribution in [3.8, 4) is 0 Å². The standard InChI is InChI=1S/C15H20F3NO2S/c1-11(19-14-6-8-22(20,21)9-7-14)10-12-2-4-13(5-3-12)15(16,17)18/h2-5,11,14,19H,6-10H2,1H3. The van der Waals surface area contributed by atoms with E-state index in [1.807, 2.05) is 6.92 Å². The van der Waals surface area contributed by atoms with Gasteiger partial charge >= 0.3 is 6.18 Å². The van der Waals surface area contributed by atoms with Crippen LogP contribution in [0, 0.1) is 0 Å². The van der Waals surface area contributed by atoms with Gasteiger partial charge in [-0.1, -0.05) is 12.1 Å². The highest BCUT2D eigenvalue weighted by Gasteiger charge is 2.30. The molecule has 0 aromatic heterocycles. The predicted molar refractivity (Wildman–Crippen MR) is 79.4 cm³/mol. The van der Waals surface area contributed by atoms with Gasteiger partial charge in [0, 0.05) is 12.1 Å². The number of nitrogens with one attached hydrogen (secondary N) is 1. The highest BCUT2D eigenvalue weighted by Crippen LogP contribution is 2.29. The van der Waals surface area contributed by atoms with E-state index in [4.69, 9.17) is 0 Å². The van der Waals surface area contributed by atoms with Crippen LogP contribution >= 0.6 is 0 Å². The van der Waals surface area contributed by atoms with Crippen molar-refractivity contribution in [2.24, 2.45) is 0 Å². The Hall–Kier alpha value is -1.08. The average molecular weight is 335 g/mol. The zero-order valence-electron chi connectivity index (χ0n) is 12.4. The Labute approximate surface area is 128 Å². The zero-order chi connectivity index (χ0) is 16.4. The molecule has 1 aliphatic rings. The topological polar surface area (TPSA) is 46.2 Å². The predicted octanol–water partition coefficient (Wildman–Crippen LogP) is 2.80. The Morgan fingerprint density at radius 1 is 1.18 bits per heavy atom. The van der Waals surface area contributed by atoms with E-state index >= 15 is 0 Å². The van der Waals surface area contributed by atoms with Crippen LogP contribution < -0.4 is 5.32 Å². The molecule has 0 radical (unpaired) electrons. The van der Waals surface area contributed by atoms with Crippen LogP contribution in [0.2, 0.25) is 0 Å². The Morgan fingerprint density at radius 2 is 1.73 bits per heavy atom. The lowest BCUT2D eigenvalue weighted by atomic mass is 10.0. The number of rotatable bonds is 4. The molecule has 0 amide bonds. The van der Waals surface area contributed by atoms with Gasteiger partial charge in [-0.05, 0) is 43.9 Å². The number of hydrogen-bond donors (Lipinski definition) is 1. The van der Waals surface area contributed by atoms with Gasteiger partial charge in [0.1, 0.15) is 9.84 Å². The van der Waals surface area contributed by atoms with Crippen LogP contribution in [0.25, 0.3) is 0 Å². The lowest BCUT2D eigenvalue weighted by Crippen LogP contribution is -2.42. The molecule has 1 N–H and O–H groups in total. The van der Waals surface area contributed by atoms with Gasteiger partial charge in [-0.15, -0.1) is 0 Å². The van der Waals surface area contributed by atoms with Crippen LogP contribution in [0.15, 0.2) is 24.3 Å². The second-order valence-corrected chi connectivity index (χ2v) is 8.20. The van der Waals surface area contributed by atoms with Gasteiger partial charge < -0.3 is 5.32 Å². The molecule has 1 aromatic carbocycles. The van der Waals surface area contributed by atoms with Crippen molar-refractivity contribution in [2.45, 2.75) is 44.4 Å². The fourth-order valence-corrected chi connectivity index (χ4v) is 4.19. The van der Waals surface area contributed by atoms with Gasteiger partial charge in [-0.3, -0.25) is 0 Å².